The summed E-state index contributed by atoms with van der Waals surface area (Å²) in [7, 11) is -1.07. The van der Waals surface area contributed by atoms with Crippen LogP contribution in [0, 0.1) is 0 Å². The second-order valence-electron chi connectivity index (χ2n) is 5.20. The van der Waals surface area contributed by atoms with E-state index in [1.54, 1.807) is 12.4 Å². The Morgan fingerprint density at radius 3 is 1.88 bits per heavy atom. The fraction of sp³-hybridized carbons (Fsp3) is 0.111. The van der Waals surface area contributed by atoms with Crippen LogP contribution in [0.2, 0.25) is 0 Å². The molecule has 122 valence electrons. The molecule has 24 heavy (non-hydrogen) atoms. The third kappa shape index (κ3) is 3.86. The molecule has 2 aromatic heterocycles. The van der Waals surface area contributed by atoms with Crippen LogP contribution in [0.3, 0.4) is 0 Å². The number of benzene rings is 1. The van der Waals surface area contributed by atoms with Crippen molar-refractivity contribution >= 4 is 39.5 Å². The lowest BCUT2D eigenvalue weighted by molar-refractivity contribution is 0.684. The summed E-state index contributed by atoms with van der Waals surface area (Å²) < 4.78 is 12.6. The van der Waals surface area contributed by atoms with Gasteiger partial charge in [-0.1, -0.05) is 42.1 Å². The van der Waals surface area contributed by atoms with E-state index in [-0.39, 0.29) is 0 Å². The third-order valence-electron chi connectivity index (χ3n) is 3.64. The van der Waals surface area contributed by atoms with E-state index in [2.05, 4.69) is 9.97 Å². The fourth-order valence-corrected chi connectivity index (χ4v) is 7.94. The standard InChI is InChI=1S/C18H17N2OPS2/c21-24(16-8-2-1-3-9-16)15-14-22(23,17-10-4-6-12-19-17)18-11-5-7-13-20-18/h1-13H,14-15H2. The molecular weight excluding hydrogens is 355 g/mol. The zero-order valence-electron chi connectivity index (χ0n) is 13.0. The summed E-state index contributed by atoms with van der Waals surface area (Å²) in [5.74, 6) is 0.508. The summed E-state index contributed by atoms with van der Waals surface area (Å²) in [4.78, 5) is 9.80. The zero-order chi connectivity index (χ0) is 16.8. The van der Waals surface area contributed by atoms with Gasteiger partial charge >= 0.3 is 0 Å². The molecule has 0 N–H and O–H groups in total. The van der Waals surface area contributed by atoms with Gasteiger partial charge in [0.15, 0.2) is 0 Å². The van der Waals surface area contributed by atoms with Crippen molar-refractivity contribution in [2.45, 2.75) is 4.90 Å². The molecule has 3 aromatic rings. The molecule has 3 nitrogen and oxygen atoms in total. The first-order valence-corrected chi connectivity index (χ1v) is 11.9. The predicted octanol–water partition coefficient (Wildman–Crippen LogP) is 2.71. The Hall–Kier alpha value is -1.68. The molecule has 0 aliphatic rings. The van der Waals surface area contributed by atoms with Crippen LogP contribution in [0.15, 0.2) is 84.0 Å². The van der Waals surface area contributed by atoms with E-state index >= 15 is 0 Å². The molecule has 1 unspecified atom stereocenters. The summed E-state index contributed by atoms with van der Waals surface area (Å²) in [6.07, 6.45) is 4.15. The van der Waals surface area contributed by atoms with Gasteiger partial charge in [0.25, 0.3) is 0 Å². The number of hydrogen-bond donors (Lipinski definition) is 0. The van der Waals surface area contributed by atoms with Crippen LogP contribution in [-0.2, 0) is 22.6 Å². The molecule has 0 aliphatic carbocycles. The highest BCUT2D eigenvalue weighted by Crippen LogP contribution is 2.42. The monoisotopic (exact) mass is 372 g/mol. The molecule has 0 radical (unpaired) electrons. The van der Waals surface area contributed by atoms with Crippen LogP contribution in [-0.4, -0.2) is 26.1 Å². The molecule has 0 bridgehead atoms. The third-order valence-corrected chi connectivity index (χ3v) is 9.84. The first kappa shape index (κ1) is 17.2. The fourth-order valence-electron chi connectivity index (χ4n) is 2.38. The van der Waals surface area contributed by atoms with Crippen molar-refractivity contribution in [1.29, 1.82) is 0 Å². The number of rotatable bonds is 6. The average Bonchev–Trinajstić information content (AvgIpc) is 2.68. The van der Waals surface area contributed by atoms with Gasteiger partial charge in [-0.3, -0.25) is 14.2 Å². The maximum atomic E-state index is 12.6. The van der Waals surface area contributed by atoms with Crippen molar-refractivity contribution in [2.24, 2.45) is 0 Å². The molecule has 3 rings (SSSR count). The molecule has 0 aliphatic heterocycles. The summed E-state index contributed by atoms with van der Waals surface area (Å²) in [5.41, 5.74) is 1.76. The molecule has 0 amide bonds. The Bertz CT molecular complexity index is 814. The van der Waals surface area contributed by atoms with Crippen molar-refractivity contribution in [3.05, 3.63) is 79.1 Å². The van der Waals surface area contributed by atoms with Gasteiger partial charge < -0.3 is 0 Å². The van der Waals surface area contributed by atoms with E-state index in [0.29, 0.717) is 11.9 Å². The minimum atomic E-state index is -2.18. The summed E-state index contributed by atoms with van der Waals surface area (Å²) in [6, 6.07) is 18.9. The molecule has 0 spiro atoms. The Morgan fingerprint density at radius 1 is 0.833 bits per heavy atom. The van der Waals surface area contributed by atoms with E-state index in [0.717, 1.165) is 15.8 Å². The second-order valence-corrected chi connectivity index (χ2v) is 11.5. The van der Waals surface area contributed by atoms with Gasteiger partial charge in [-0.15, -0.1) is 0 Å². The minimum Gasteiger partial charge on any atom is -0.255 e. The highest BCUT2D eigenvalue weighted by molar-refractivity contribution is 8.21. The average molecular weight is 372 g/mol. The van der Waals surface area contributed by atoms with Crippen molar-refractivity contribution < 1.29 is 4.21 Å². The maximum Gasteiger partial charge on any atom is 0.0787 e. The molecule has 1 atom stereocenters. The van der Waals surface area contributed by atoms with E-state index in [9.17, 15) is 4.21 Å². The molecule has 0 saturated heterocycles. The van der Waals surface area contributed by atoms with Crippen molar-refractivity contribution in [1.82, 2.24) is 9.97 Å². The maximum absolute atomic E-state index is 12.6. The molecule has 1 aromatic carbocycles. The van der Waals surface area contributed by atoms with Crippen LogP contribution >= 0.6 is 6.04 Å². The van der Waals surface area contributed by atoms with Crippen LogP contribution in [0.5, 0.6) is 0 Å². The Balaban J connectivity index is 1.89. The first-order chi connectivity index (χ1) is 11.7. The molecule has 0 fully saturated rings. The lowest BCUT2D eigenvalue weighted by Gasteiger charge is -2.20. The van der Waals surface area contributed by atoms with E-state index in [4.69, 9.17) is 11.8 Å². The van der Waals surface area contributed by atoms with Gasteiger partial charge in [-0.05, 0) is 42.6 Å². The largest absolute Gasteiger partial charge is 0.255 e. The van der Waals surface area contributed by atoms with Gasteiger partial charge in [0.2, 0.25) is 0 Å². The molecule has 0 saturated carbocycles. The zero-order valence-corrected chi connectivity index (χ0v) is 15.5. The van der Waals surface area contributed by atoms with Crippen LogP contribution in [0.25, 0.3) is 0 Å². The Kier molecular flexibility index (Phi) is 5.67. The minimum absolute atomic E-state index is 0.508. The summed E-state index contributed by atoms with van der Waals surface area (Å²) >= 11 is 6.05. The van der Waals surface area contributed by atoms with Crippen LogP contribution in [0.1, 0.15) is 0 Å². The SMILES string of the molecule is O=S(CCP(=S)(c1ccccn1)c1ccccn1)c1ccccc1. The van der Waals surface area contributed by atoms with Crippen molar-refractivity contribution in [2.75, 3.05) is 11.9 Å². The number of hydrogen-bond acceptors (Lipinski definition) is 4. The predicted molar refractivity (Wildman–Crippen MR) is 105 cm³/mol. The van der Waals surface area contributed by atoms with Gasteiger partial charge in [0.1, 0.15) is 0 Å². The first-order valence-electron chi connectivity index (χ1n) is 7.56. The molecule has 6 heteroatoms. The summed E-state index contributed by atoms with van der Waals surface area (Å²) in [6.45, 7) is 0. The Morgan fingerprint density at radius 2 is 1.38 bits per heavy atom. The van der Waals surface area contributed by atoms with E-state index in [1.807, 2.05) is 66.7 Å². The topological polar surface area (TPSA) is 42.9 Å². The number of nitrogens with zero attached hydrogens (tertiary/aromatic N) is 2. The normalized spacial score (nSPS) is 12.7. The highest BCUT2D eigenvalue weighted by atomic mass is 32.4. The van der Waals surface area contributed by atoms with Gasteiger partial charge in [0.05, 0.1) is 21.7 Å². The summed E-state index contributed by atoms with van der Waals surface area (Å²) in [5, 5.41) is 0. The van der Waals surface area contributed by atoms with Crippen LogP contribution < -0.4 is 10.9 Å². The van der Waals surface area contributed by atoms with Crippen molar-refractivity contribution in [3.63, 3.8) is 0 Å². The lowest BCUT2D eigenvalue weighted by Crippen LogP contribution is -2.24. The Labute approximate surface area is 149 Å². The van der Waals surface area contributed by atoms with Gasteiger partial charge in [-0.2, -0.15) is 0 Å². The van der Waals surface area contributed by atoms with Gasteiger partial charge in [0, 0.05) is 29.1 Å². The van der Waals surface area contributed by atoms with E-state index < -0.39 is 16.8 Å². The van der Waals surface area contributed by atoms with E-state index in [1.165, 1.54) is 0 Å². The highest BCUT2D eigenvalue weighted by Gasteiger charge is 2.25. The van der Waals surface area contributed by atoms with Crippen molar-refractivity contribution in [3.8, 4) is 0 Å². The number of aromatic nitrogens is 2. The number of pyridine rings is 2. The lowest BCUT2D eigenvalue weighted by atomic mass is 10.4. The molecular formula is C18H17N2OPS2. The van der Waals surface area contributed by atoms with Crippen LogP contribution in [0.4, 0.5) is 0 Å². The quantitative estimate of drug-likeness (QED) is 0.624. The smallest absolute Gasteiger partial charge is 0.0787 e. The molecule has 2 heterocycles. The second kappa shape index (κ2) is 7.93. The van der Waals surface area contributed by atoms with Gasteiger partial charge in [-0.25, -0.2) is 0 Å².